The Morgan fingerprint density at radius 1 is 1.05 bits per heavy atom. The second kappa shape index (κ2) is 5.18. The zero-order valence-electron chi connectivity index (χ0n) is 10.7. The van der Waals surface area contributed by atoms with E-state index in [4.69, 9.17) is 11.6 Å². The second-order valence-electron chi connectivity index (χ2n) is 4.65. The van der Waals surface area contributed by atoms with Crippen LogP contribution in [0.4, 0.5) is 10.1 Å². The van der Waals surface area contributed by atoms with Crippen LogP contribution >= 0.6 is 11.6 Å². The largest absolute Gasteiger partial charge is 0.381 e. The number of benzene rings is 2. The maximum Gasteiger partial charge on any atom is 0.259 e. The van der Waals surface area contributed by atoms with E-state index in [2.05, 4.69) is 10.6 Å². The molecule has 4 nitrogen and oxygen atoms in total. The fourth-order valence-corrected chi connectivity index (χ4v) is 2.25. The average Bonchev–Trinajstić information content (AvgIpc) is 2.75. The summed E-state index contributed by atoms with van der Waals surface area (Å²) in [7, 11) is 0. The summed E-state index contributed by atoms with van der Waals surface area (Å²) in [6, 6.07) is 9.43. The van der Waals surface area contributed by atoms with Crippen molar-refractivity contribution in [1.29, 1.82) is 0 Å². The van der Waals surface area contributed by atoms with Crippen LogP contribution in [0.5, 0.6) is 0 Å². The van der Waals surface area contributed by atoms with Gasteiger partial charge in [-0.15, -0.1) is 0 Å². The minimum atomic E-state index is -0.477. The highest BCUT2D eigenvalue weighted by molar-refractivity contribution is 6.30. The second-order valence-corrected chi connectivity index (χ2v) is 5.05. The number of nitrogens with one attached hydrogen (secondary N) is 2. The first-order valence-electron chi connectivity index (χ1n) is 6.22. The van der Waals surface area contributed by atoms with Crippen LogP contribution in [0.25, 0.3) is 0 Å². The predicted octanol–water partition coefficient (Wildman–Crippen LogP) is 2.97. The molecular weight excluding hydrogens is 295 g/mol. The summed E-state index contributed by atoms with van der Waals surface area (Å²) < 4.78 is 13.3. The van der Waals surface area contributed by atoms with Crippen LogP contribution in [-0.2, 0) is 6.54 Å². The van der Waals surface area contributed by atoms with Crippen LogP contribution < -0.4 is 10.6 Å². The molecule has 3 rings (SSSR count). The lowest BCUT2D eigenvalue weighted by Gasteiger charge is -2.08. The molecule has 0 spiro atoms. The van der Waals surface area contributed by atoms with Crippen LogP contribution in [0.15, 0.2) is 36.4 Å². The van der Waals surface area contributed by atoms with E-state index in [1.165, 1.54) is 12.1 Å². The number of imide groups is 1. The van der Waals surface area contributed by atoms with Gasteiger partial charge < -0.3 is 5.32 Å². The maximum absolute atomic E-state index is 13.3. The van der Waals surface area contributed by atoms with Gasteiger partial charge in [-0.05, 0) is 35.9 Å². The van der Waals surface area contributed by atoms with Gasteiger partial charge in [0.25, 0.3) is 11.8 Å². The topological polar surface area (TPSA) is 58.2 Å². The van der Waals surface area contributed by atoms with E-state index in [1.807, 2.05) is 0 Å². The van der Waals surface area contributed by atoms with Gasteiger partial charge in [-0.2, -0.15) is 0 Å². The zero-order valence-corrected chi connectivity index (χ0v) is 11.5. The molecular formula is C15H10ClFN2O2. The Bertz CT molecular complexity index is 761. The van der Waals surface area contributed by atoms with E-state index < -0.39 is 11.7 Å². The molecule has 1 aliphatic rings. The summed E-state index contributed by atoms with van der Waals surface area (Å²) in [6.45, 7) is 0.377. The monoisotopic (exact) mass is 304 g/mol. The number of anilines is 1. The number of amides is 2. The van der Waals surface area contributed by atoms with E-state index in [-0.39, 0.29) is 10.9 Å². The number of hydrogen-bond acceptors (Lipinski definition) is 3. The van der Waals surface area contributed by atoms with Gasteiger partial charge in [-0.3, -0.25) is 14.9 Å². The fraction of sp³-hybridized carbons (Fsp3) is 0.0667. The smallest absolute Gasteiger partial charge is 0.259 e. The average molecular weight is 305 g/mol. The fourth-order valence-electron chi connectivity index (χ4n) is 2.13. The molecule has 0 aliphatic carbocycles. The summed E-state index contributed by atoms with van der Waals surface area (Å²) in [6.07, 6.45) is 0. The minimum absolute atomic E-state index is 0.0754. The maximum atomic E-state index is 13.3. The van der Waals surface area contributed by atoms with E-state index in [9.17, 15) is 14.0 Å². The van der Waals surface area contributed by atoms with E-state index in [0.717, 1.165) is 5.56 Å². The molecule has 2 aromatic rings. The quantitative estimate of drug-likeness (QED) is 0.857. The Balaban J connectivity index is 1.77. The van der Waals surface area contributed by atoms with Crippen molar-refractivity contribution in [1.82, 2.24) is 5.32 Å². The molecule has 0 radical (unpaired) electrons. The number of carbonyl (C=O) groups excluding carboxylic acids is 2. The molecule has 0 atom stereocenters. The molecule has 21 heavy (non-hydrogen) atoms. The van der Waals surface area contributed by atoms with Crippen molar-refractivity contribution in [2.45, 2.75) is 6.54 Å². The summed E-state index contributed by atoms with van der Waals surface area (Å²) in [4.78, 5) is 23.0. The van der Waals surface area contributed by atoms with Gasteiger partial charge in [-0.1, -0.05) is 17.7 Å². The van der Waals surface area contributed by atoms with Gasteiger partial charge in [0.15, 0.2) is 0 Å². The predicted molar refractivity (Wildman–Crippen MR) is 77.0 cm³/mol. The molecule has 2 N–H and O–H groups in total. The van der Waals surface area contributed by atoms with E-state index in [0.29, 0.717) is 23.4 Å². The van der Waals surface area contributed by atoms with Crippen molar-refractivity contribution in [3.8, 4) is 0 Å². The first-order chi connectivity index (χ1) is 10.0. The number of rotatable bonds is 3. The molecule has 0 aromatic heterocycles. The van der Waals surface area contributed by atoms with Crippen molar-refractivity contribution in [3.05, 3.63) is 63.9 Å². The van der Waals surface area contributed by atoms with Crippen LogP contribution in [0.3, 0.4) is 0 Å². The summed E-state index contributed by atoms with van der Waals surface area (Å²) >= 11 is 5.62. The highest BCUT2D eigenvalue weighted by Gasteiger charge is 2.26. The molecule has 0 fully saturated rings. The molecule has 0 saturated heterocycles. The van der Waals surface area contributed by atoms with Crippen molar-refractivity contribution >= 4 is 29.1 Å². The molecule has 2 aromatic carbocycles. The Labute approximate surface area is 124 Å². The SMILES string of the molecule is O=C1NC(=O)c2cc(NCc3ccc(Cl)c(F)c3)ccc21. The lowest BCUT2D eigenvalue weighted by Crippen LogP contribution is -2.19. The Hall–Kier alpha value is -2.40. The molecule has 6 heteroatoms. The van der Waals surface area contributed by atoms with Gasteiger partial charge in [0, 0.05) is 12.2 Å². The third-order valence-electron chi connectivity index (χ3n) is 3.22. The normalized spacial score (nSPS) is 13.0. The zero-order chi connectivity index (χ0) is 15.0. The molecule has 0 saturated carbocycles. The number of carbonyl (C=O) groups is 2. The Morgan fingerprint density at radius 2 is 1.81 bits per heavy atom. The first kappa shape index (κ1) is 13.6. The van der Waals surface area contributed by atoms with Crippen molar-refractivity contribution < 1.29 is 14.0 Å². The van der Waals surface area contributed by atoms with Gasteiger partial charge >= 0.3 is 0 Å². The number of fused-ring (bicyclic) bond motifs is 1. The standard InChI is InChI=1S/C15H10ClFN2O2/c16-12-4-1-8(5-13(12)17)7-18-9-2-3-10-11(6-9)15(21)19-14(10)20/h1-6,18H,7H2,(H,19,20,21). The lowest BCUT2D eigenvalue weighted by molar-refractivity contribution is 0.0879. The highest BCUT2D eigenvalue weighted by atomic mass is 35.5. The Morgan fingerprint density at radius 3 is 2.57 bits per heavy atom. The highest BCUT2D eigenvalue weighted by Crippen LogP contribution is 2.21. The Kier molecular flexibility index (Phi) is 3.35. The molecule has 2 amide bonds. The van der Waals surface area contributed by atoms with Crippen molar-refractivity contribution in [2.75, 3.05) is 5.32 Å². The molecule has 1 heterocycles. The molecule has 0 unspecified atom stereocenters. The molecule has 1 aliphatic heterocycles. The van der Waals surface area contributed by atoms with Crippen LogP contribution in [0.2, 0.25) is 5.02 Å². The molecule has 106 valence electrons. The van der Waals surface area contributed by atoms with Crippen LogP contribution in [-0.4, -0.2) is 11.8 Å². The summed E-state index contributed by atoms with van der Waals surface area (Å²) in [5, 5.41) is 5.37. The van der Waals surface area contributed by atoms with Crippen molar-refractivity contribution in [3.63, 3.8) is 0 Å². The first-order valence-corrected chi connectivity index (χ1v) is 6.60. The van der Waals surface area contributed by atoms with Gasteiger partial charge in [-0.25, -0.2) is 4.39 Å². The minimum Gasteiger partial charge on any atom is -0.381 e. The van der Waals surface area contributed by atoms with Gasteiger partial charge in [0.05, 0.1) is 16.1 Å². The third kappa shape index (κ3) is 2.60. The number of halogens is 2. The molecule has 0 bridgehead atoms. The third-order valence-corrected chi connectivity index (χ3v) is 3.52. The summed E-state index contributed by atoms with van der Waals surface area (Å²) in [5.41, 5.74) is 2.10. The van der Waals surface area contributed by atoms with Gasteiger partial charge in [0.1, 0.15) is 5.82 Å². The summed E-state index contributed by atoms with van der Waals surface area (Å²) in [5.74, 6) is -1.27. The van der Waals surface area contributed by atoms with Crippen LogP contribution in [0.1, 0.15) is 26.3 Å². The van der Waals surface area contributed by atoms with Crippen molar-refractivity contribution in [2.24, 2.45) is 0 Å². The van der Waals surface area contributed by atoms with Crippen LogP contribution in [0, 0.1) is 5.82 Å². The lowest BCUT2D eigenvalue weighted by atomic mass is 10.1. The van der Waals surface area contributed by atoms with Gasteiger partial charge in [0.2, 0.25) is 0 Å². The van der Waals surface area contributed by atoms with E-state index in [1.54, 1.807) is 24.3 Å². The number of hydrogen-bond donors (Lipinski definition) is 2. The van der Waals surface area contributed by atoms with E-state index >= 15 is 0 Å².